The van der Waals surface area contributed by atoms with Crippen LogP contribution in [0.3, 0.4) is 0 Å². The van der Waals surface area contributed by atoms with E-state index in [1.54, 1.807) is 11.8 Å². The number of hydrogen-bond donors (Lipinski definition) is 0. The van der Waals surface area contributed by atoms with Gasteiger partial charge in [-0.3, -0.25) is 4.79 Å². The maximum Gasteiger partial charge on any atom is 0.229 e. The summed E-state index contributed by atoms with van der Waals surface area (Å²) in [4.78, 5) is 15.4. The zero-order valence-corrected chi connectivity index (χ0v) is 9.55. The Kier molecular flexibility index (Phi) is 3.41. The summed E-state index contributed by atoms with van der Waals surface area (Å²) in [5.41, 5.74) is 0. The van der Waals surface area contributed by atoms with E-state index >= 15 is 0 Å². The lowest BCUT2D eigenvalue weighted by atomic mass is 9.88. The monoisotopic (exact) mass is 226 g/mol. The fraction of sp³-hybridized carbons (Fsp3) is 0.700. The molecule has 0 bridgehead atoms. The van der Waals surface area contributed by atoms with Crippen LogP contribution in [0.2, 0.25) is 0 Å². The molecule has 0 aromatic carbocycles. The minimum absolute atomic E-state index is 0.297. The van der Waals surface area contributed by atoms with Crippen LogP contribution in [0.15, 0.2) is 4.52 Å². The van der Waals surface area contributed by atoms with Gasteiger partial charge >= 0.3 is 0 Å². The Labute approximate surface area is 92.8 Å². The van der Waals surface area contributed by atoms with Gasteiger partial charge < -0.3 is 4.52 Å². The van der Waals surface area contributed by atoms with E-state index in [1.165, 1.54) is 0 Å². The molecule has 82 valence electrons. The summed E-state index contributed by atoms with van der Waals surface area (Å²) >= 11 is 1.68. The molecule has 15 heavy (non-hydrogen) atoms. The molecule has 1 aromatic heterocycles. The zero-order valence-electron chi connectivity index (χ0n) is 8.73. The lowest BCUT2D eigenvalue weighted by Gasteiger charge is -2.16. The number of aromatic nitrogens is 2. The van der Waals surface area contributed by atoms with Crippen molar-refractivity contribution in [2.75, 3.05) is 6.26 Å². The van der Waals surface area contributed by atoms with E-state index in [0.29, 0.717) is 30.4 Å². The fourth-order valence-electron chi connectivity index (χ4n) is 1.81. The highest BCUT2D eigenvalue weighted by Crippen LogP contribution is 2.30. The summed E-state index contributed by atoms with van der Waals surface area (Å²) in [6.07, 6.45) is 5.05. The first-order valence-corrected chi connectivity index (χ1v) is 6.52. The maximum atomic E-state index is 11.1. The third-order valence-corrected chi connectivity index (χ3v) is 3.20. The van der Waals surface area contributed by atoms with Crippen molar-refractivity contribution in [1.82, 2.24) is 10.1 Å². The molecule has 0 saturated heterocycles. The number of rotatable bonds is 3. The molecule has 0 amide bonds. The predicted molar refractivity (Wildman–Crippen MR) is 57.7 cm³/mol. The molecule has 2 rings (SSSR count). The SMILES string of the molecule is CSCc1noc(C2CCC(=O)CC2)n1. The van der Waals surface area contributed by atoms with E-state index < -0.39 is 0 Å². The van der Waals surface area contributed by atoms with Crippen molar-refractivity contribution in [2.45, 2.75) is 37.4 Å². The van der Waals surface area contributed by atoms with Crippen molar-refractivity contribution in [3.63, 3.8) is 0 Å². The zero-order chi connectivity index (χ0) is 10.7. The number of thioether (sulfide) groups is 1. The largest absolute Gasteiger partial charge is 0.339 e. The Bertz CT molecular complexity index is 341. The molecular weight excluding hydrogens is 212 g/mol. The highest BCUT2D eigenvalue weighted by Gasteiger charge is 2.24. The average Bonchev–Trinajstić information content (AvgIpc) is 2.68. The van der Waals surface area contributed by atoms with Crippen LogP contribution in [0, 0.1) is 0 Å². The number of Topliss-reactive ketones (excluding diaryl/α,β-unsaturated/α-hetero) is 1. The van der Waals surface area contributed by atoms with Crippen molar-refractivity contribution in [2.24, 2.45) is 0 Å². The molecule has 1 saturated carbocycles. The molecule has 0 N–H and O–H groups in total. The summed E-state index contributed by atoms with van der Waals surface area (Å²) < 4.78 is 5.21. The van der Waals surface area contributed by atoms with E-state index in [0.717, 1.165) is 24.4 Å². The molecule has 0 radical (unpaired) electrons. The Morgan fingerprint density at radius 3 is 2.87 bits per heavy atom. The minimum Gasteiger partial charge on any atom is -0.339 e. The third kappa shape index (κ3) is 2.59. The van der Waals surface area contributed by atoms with Gasteiger partial charge in [0.1, 0.15) is 5.78 Å². The van der Waals surface area contributed by atoms with Gasteiger partial charge in [-0.1, -0.05) is 5.16 Å². The topological polar surface area (TPSA) is 56.0 Å². The van der Waals surface area contributed by atoms with Gasteiger partial charge in [0, 0.05) is 18.8 Å². The number of nitrogens with zero attached hydrogens (tertiary/aromatic N) is 2. The molecule has 1 aromatic rings. The molecule has 0 atom stereocenters. The number of carbonyl (C=O) groups excluding carboxylic acids is 1. The van der Waals surface area contributed by atoms with Gasteiger partial charge in [0.05, 0.1) is 5.75 Å². The third-order valence-electron chi connectivity index (χ3n) is 2.65. The molecule has 4 nitrogen and oxygen atoms in total. The Hall–Kier alpha value is -0.840. The number of ketones is 1. The Morgan fingerprint density at radius 1 is 1.47 bits per heavy atom. The smallest absolute Gasteiger partial charge is 0.229 e. The van der Waals surface area contributed by atoms with Crippen LogP contribution in [-0.4, -0.2) is 22.2 Å². The van der Waals surface area contributed by atoms with E-state index in [1.807, 2.05) is 6.26 Å². The summed E-state index contributed by atoms with van der Waals surface area (Å²) in [5, 5.41) is 3.91. The first kappa shape index (κ1) is 10.7. The molecule has 0 unspecified atom stereocenters. The van der Waals surface area contributed by atoms with Gasteiger partial charge in [-0.2, -0.15) is 16.7 Å². The van der Waals surface area contributed by atoms with Crippen LogP contribution in [0.5, 0.6) is 0 Å². The van der Waals surface area contributed by atoms with E-state index in [4.69, 9.17) is 4.52 Å². The molecule has 1 aliphatic carbocycles. The van der Waals surface area contributed by atoms with Crippen molar-refractivity contribution < 1.29 is 9.32 Å². The van der Waals surface area contributed by atoms with Crippen LogP contribution in [0.25, 0.3) is 0 Å². The van der Waals surface area contributed by atoms with Gasteiger partial charge in [-0.15, -0.1) is 0 Å². The summed E-state index contributed by atoms with van der Waals surface area (Å²) in [6, 6.07) is 0. The fourth-order valence-corrected chi connectivity index (χ4v) is 2.18. The highest BCUT2D eigenvalue weighted by atomic mass is 32.2. The standard InChI is InChI=1S/C10H14N2O2S/c1-15-6-9-11-10(14-12-9)7-2-4-8(13)5-3-7/h7H,2-6H2,1H3. The lowest BCUT2D eigenvalue weighted by Crippen LogP contribution is -2.12. The van der Waals surface area contributed by atoms with Crippen LogP contribution in [0.1, 0.15) is 43.3 Å². The maximum absolute atomic E-state index is 11.1. The summed E-state index contributed by atoms with van der Waals surface area (Å²) in [7, 11) is 0. The van der Waals surface area contributed by atoms with Gasteiger partial charge in [0.2, 0.25) is 5.89 Å². The molecule has 0 aliphatic heterocycles. The van der Waals surface area contributed by atoms with Crippen LogP contribution < -0.4 is 0 Å². The lowest BCUT2D eigenvalue weighted by molar-refractivity contribution is -0.120. The molecule has 1 heterocycles. The first-order valence-electron chi connectivity index (χ1n) is 5.12. The predicted octanol–water partition coefficient (Wildman–Crippen LogP) is 2.16. The van der Waals surface area contributed by atoms with Gasteiger partial charge in [0.15, 0.2) is 5.82 Å². The Morgan fingerprint density at radius 2 is 2.20 bits per heavy atom. The van der Waals surface area contributed by atoms with Crippen molar-refractivity contribution in [3.8, 4) is 0 Å². The average molecular weight is 226 g/mol. The summed E-state index contributed by atoms with van der Waals surface area (Å²) in [5.74, 6) is 2.91. The van der Waals surface area contributed by atoms with Crippen LogP contribution in [0.4, 0.5) is 0 Å². The van der Waals surface area contributed by atoms with E-state index in [9.17, 15) is 4.79 Å². The van der Waals surface area contributed by atoms with Crippen molar-refractivity contribution in [3.05, 3.63) is 11.7 Å². The number of hydrogen-bond acceptors (Lipinski definition) is 5. The van der Waals surface area contributed by atoms with Crippen molar-refractivity contribution in [1.29, 1.82) is 0 Å². The van der Waals surface area contributed by atoms with Crippen LogP contribution >= 0.6 is 11.8 Å². The second-order valence-corrected chi connectivity index (χ2v) is 4.66. The molecule has 1 fully saturated rings. The van der Waals surface area contributed by atoms with E-state index in [-0.39, 0.29) is 0 Å². The quantitative estimate of drug-likeness (QED) is 0.790. The summed E-state index contributed by atoms with van der Waals surface area (Å²) in [6.45, 7) is 0. The second-order valence-electron chi connectivity index (χ2n) is 3.79. The van der Waals surface area contributed by atoms with Crippen molar-refractivity contribution >= 4 is 17.5 Å². The second kappa shape index (κ2) is 4.79. The normalized spacial score (nSPS) is 18.3. The van der Waals surface area contributed by atoms with Gasteiger partial charge in [-0.05, 0) is 19.1 Å². The Balaban J connectivity index is 1.99. The number of carbonyl (C=O) groups is 1. The molecule has 5 heteroatoms. The first-order chi connectivity index (χ1) is 7.29. The highest BCUT2D eigenvalue weighted by molar-refractivity contribution is 7.97. The van der Waals surface area contributed by atoms with Crippen LogP contribution in [-0.2, 0) is 10.5 Å². The molecule has 0 spiro atoms. The molecule has 1 aliphatic rings. The van der Waals surface area contributed by atoms with E-state index in [2.05, 4.69) is 10.1 Å². The minimum atomic E-state index is 0.297. The molecular formula is C10H14N2O2S. The van der Waals surface area contributed by atoms with Gasteiger partial charge in [0.25, 0.3) is 0 Å². The van der Waals surface area contributed by atoms with Gasteiger partial charge in [-0.25, -0.2) is 0 Å².